The average Bonchev–Trinajstić information content (AvgIpc) is 2.87. The van der Waals surface area contributed by atoms with E-state index in [0.29, 0.717) is 11.5 Å². The van der Waals surface area contributed by atoms with Crippen molar-refractivity contribution in [2.75, 3.05) is 0 Å². The fourth-order valence-corrected chi connectivity index (χ4v) is 2.20. The number of aromatic amines is 1. The number of aromatic nitrogens is 4. The number of rotatable bonds is 2. The van der Waals surface area contributed by atoms with Crippen molar-refractivity contribution >= 4 is 22.6 Å². The van der Waals surface area contributed by atoms with Crippen LogP contribution in [-0.4, -0.2) is 26.3 Å². The van der Waals surface area contributed by atoms with Crippen molar-refractivity contribution in [3.8, 4) is 5.88 Å². The highest BCUT2D eigenvalue weighted by atomic mass is 35.5. The minimum absolute atomic E-state index is 0.185. The quantitative estimate of drug-likeness (QED) is 0.816. The molecule has 2 aromatic rings. The molecular formula is C10H11ClN4O. The highest BCUT2D eigenvalue weighted by Crippen LogP contribution is 2.27. The molecule has 1 aliphatic carbocycles. The molecule has 1 aliphatic rings. The van der Waals surface area contributed by atoms with Crippen LogP contribution in [0.5, 0.6) is 5.88 Å². The second kappa shape index (κ2) is 3.90. The highest BCUT2D eigenvalue weighted by Gasteiger charge is 2.19. The topological polar surface area (TPSA) is 63.7 Å². The molecule has 0 radical (unpaired) electrons. The van der Waals surface area contributed by atoms with Gasteiger partial charge in [-0.2, -0.15) is 15.1 Å². The molecule has 1 fully saturated rings. The Labute approximate surface area is 97.2 Å². The van der Waals surface area contributed by atoms with E-state index < -0.39 is 0 Å². The van der Waals surface area contributed by atoms with E-state index >= 15 is 0 Å². The molecule has 2 aromatic heterocycles. The van der Waals surface area contributed by atoms with Crippen molar-refractivity contribution in [3.05, 3.63) is 11.5 Å². The third kappa shape index (κ3) is 1.71. The zero-order chi connectivity index (χ0) is 11.0. The predicted octanol–water partition coefficient (Wildman–Crippen LogP) is 2.33. The Kier molecular flexibility index (Phi) is 2.40. The van der Waals surface area contributed by atoms with Crippen LogP contribution in [-0.2, 0) is 0 Å². The maximum Gasteiger partial charge on any atom is 0.229 e. The van der Waals surface area contributed by atoms with Crippen LogP contribution < -0.4 is 4.74 Å². The standard InChI is InChI=1S/C10H11ClN4O/c11-10-13-8-7(5-12-15-8)9(14-10)16-6-3-1-2-4-6/h5-6H,1-4H2,(H,12,13,14,15). The van der Waals surface area contributed by atoms with Gasteiger partial charge in [0.1, 0.15) is 11.5 Å². The highest BCUT2D eigenvalue weighted by molar-refractivity contribution is 6.28. The minimum Gasteiger partial charge on any atom is -0.474 e. The lowest BCUT2D eigenvalue weighted by Crippen LogP contribution is -2.12. The summed E-state index contributed by atoms with van der Waals surface area (Å²) in [6.45, 7) is 0. The molecule has 3 rings (SSSR count). The molecule has 5 nitrogen and oxygen atoms in total. The SMILES string of the molecule is Clc1nc(OC2CCCC2)c2cn[nH]c2n1. The fraction of sp³-hybridized carbons (Fsp3) is 0.500. The summed E-state index contributed by atoms with van der Waals surface area (Å²) in [6, 6.07) is 0. The predicted molar refractivity (Wildman–Crippen MR) is 59.6 cm³/mol. The lowest BCUT2D eigenvalue weighted by molar-refractivity contribution is 0.204. The molecule has 6 heteroatoms. The van der Waals surface area contributed by atoms with E-state index in [1.165, 1.54) is 12.8 Å². The summed E-state index contributed by atoms with van der Waals surface area (Å²) in [5.74, 6) is 0.538. The minimum atomic E-state index is 0.185. The lowest BCUT2D eigenvalue weighted by atomic mass is 10.3. The van der Waals surface area contributed by atoms with E-state index in [2.05, 4.69) is 20.2 Å². The van der Waals surface area contributed by atoms with Crippen LogP contribution >= 0.6 is 11.6 Å². The molecule has 0 aromatic carbocycles. The van der Waals surface area contributed by atoms with Crippen LogP contribution in [0.4, 0.5) is 0 Å². The Morgan fingerprint density at radius 2 is 2.12 bits per heavy atom. The van der Waals surface area contributed by atoms with Crippen molar-refractivity contribution in [1.82, 2.24) is 20.2 Å². The zero-order valence-corrected chi connectivity index (χ0v) is 9.37. The van der Waals surface area contributed by atoms with Gasteiger partial charge in [-0.1, -0.05) is 0 Å². The Morgan fingerprint density at radius 3 is 2.94 bits per heavy atom. The molecule has 1 saturated carbocycles. The van der Waals surface area contributed by atoms with E-state index in [9.17, 15) is 0 Å². The number of nitrogens with one attached hydrogen (secondary N) is 1. The van der Waals surface area contributed by atoms with Gasteiger partial charge in [-0.15, -0.1) is 0 Å². The van der Waals surface area contributed by atoms with Crippen molar-refractivity contribution in [2.24, 2.45) is 0 Å². The summed E-state index contributed by atoms with van der Waals surface area (Å²) in [6.07, 6.45) is 6.53. The third-order valence-corrected chi connectivity index (χ3v) is 3.00. The van der Waals surface area contributed by atoms with Gasteiger partial charge in [-0.3, -0.25) is 5.10 Å². The van der Waals surface area contributed by atoms with Gasteiger partial charge in [0, 0.05) is 0 Å². The number of halogens is 1. The molecule has 84 valence electrons. The van der Waals surface area contributed by atoms with Crippen LogP contribution in [0, 0.1) is 0 Å². The van der Waals surface area contributed by atoms with E-state index in [1.807, 2.05) is 0 Å². The van der Waals surface area contributed by atoms with Crippen molar-refractivity contribution < 1.29 is 4.74 Å². The summed E-state index contributed by atoms with van der Waals surface area (Å²) in [5, 5.41) is 7.64. The molecule has 0 unspecified atom stereocenters. The van der Waals surface area contributed by atoms with Crippen LogP contribution in [0.15, 0.2) is 6.20 Å². The summed E-state index contributed by atoms with van der Waals surface area (Å²) in [4.78, 5) is 8.14. The first-order valence-electron chi connectivity index (χ1n) is 5.36. The summed E-state index contributed by atoms with van der Waals surface area (Å²) in [5.41, 5.74) is 0.619. The molecular weight excluding hydrogens is 228 g/mol. The molecule has 2 heterocycles. The zero-order valence-electron chi connectivity index (χ0n) is 8.61. The number of nitrogens with zero attached hydrogens (tertiary/aromatic N) is 3. The van der Waals surface area contributed by atoms with E-state index in [-0.39, 0.29) is 11.4 Å². The Bertz CT molecular complexity index is 506. The molecule has 1 N–H and O–H groups in total. The van der Waals surface area contributed by atoms with Gasteiger partial charge >= 0.3 is 0 Å². The monoisotopic (exact) mass is 238 g/mol. The van der Waals surface area contributed by atoms with Crippen LogP contribution in [0.25, 0.3) is 11.0 Å². The van der Waals surface area contributed by atoms with Gasteiger partial charge in [-0.25, -0.2) is 0 Å². The smallest absolute Gasteiger partial charge is 0.229 e. The summed E-state index contributed by atoms with van der Waals surface area (Å²) >= 11 is 5.82. The first-order valence-corrected chi connectivity index (χ1v) is 5.74. The number of H-pyrrole nitrogens is 1. The lowest BCUT2D eigenvalue weighted by Gasteiger charge is -2.12. The third-order valence-electron chi connectivity index (χ3n) is 2.83. The maximum atomic E-state index is 5.83. The van der Waals surface area contributed by atoms with Crippen LogP contribution in [0.3, 0.4) is 0 Å². The molecule has 0 spiro atoms. The van der Waals surface area contributed by atoms with Crippen molar-refractivity contribution in [3.63, 3.8) is 0 Å². The van der Waals surface area contributed by atoms with Crippen molar-refractivity contribution in [2.45, 2.75) is 31.8 Å². The van der Waals surface area contributed by atoms with E-state index in [0.717, 1.165) is 18.2 Å². The molecule has 16 heavy (non-hydrogen) atoms. The summed E-state index contributed by atoms with van der Waals surface area (Å²) in [7, 11) is 0. The van der Waals surface area contributed by atoms with Gasteiger partial charge in [0.25, 0.3) is 0 Å². The second-order valence-electron chi connectivity index (χ2n) is 3.95. The largest absolute Gasteiger partial charge is 0.474 e. The van der Waals surface area contributed by atoms with Gasteiger partial charge < -0.3 is 4.74 Å². The van der Waals surface area contributed by atoms with E-state index in [4.69, 9.17) is 16.3 Å². The second-order valence-corrected chi connectivity index (χ2v) is 4.29. The van der Waals surface area contributed by atoms with Gasteiger partial charge in [0.05, 0.1) is 6.20 Å². The molecule has 0 aliphatic heterocycles. The Hall–Kier alpha value is -1.36. The fourth-order valence-electron chi connectivity index (χ4n) is 2.04. The average molecular weight is 239 g/mol. The Balaban J connectivity index is 1.97. The number of hydrogen-bond acceptors (Lipinski definition) is 4. The summed E-state index contributed by atoms with van der Waals surface area (Å²) < 4.78 is 5.83. The van der Waals surface area contributed by atoms with Gasteiger partial charge in [-0.05, 0) is 37.3 Å². The molecule has 0 bridgehead atoms. The number of ether oxygens (including phenoxy) is 1. The molecule has 0 saturated heterocycles. The first kappa shape index (κ1) is 9.84. The Morgan fingerprint density at radius 1 is 1.31 bits per heavy atom. The van der Waals surface area contributed by atoms with E-state index in [1.54, 1.807) is 6.20 Å². The van der Waals surface area contributed by atoms with Crippen LogP contribution in [0.2, 0.25) is 5.28 Å². The van der Waals surface area contributed by atoms with Crippen molar-refractivity contribution in [1.29, 1.82) is 0 Å². The van der Waals surface area contributed by atoms with Gasteiger partial charge in [0.2, 0.25) is 11.2 Å². The molecule has 0 atom stereocenters. The normalized spacial score (nSPS) is 17.1. The number of fused-ring (bicyclic) bond motifs is 1. The first-order chi connectivity index (χ1) is 7.83. The molecule has 0 amide bonds. The van der Waals surface area contributed by atoms with Gasteiger partial charge in [0.15, 0.2) is 5.65 Å². The van der Waals surface area contributed by atoms with Crippen LogP contribution in [0.1, 0.15) is 25.7 Å². The number of hydrogen-bond donors (Lipinski definition) is 1. The maximum absolute atomic E-state index is 5.83.